The number of rotatable bonds is 4. The van der Waals surface area contributed by atoms with E-state index in [0.29, 0.717) is 23.9 Å². The molecule has 134 valence electrons. The van der Waals surface area contributed by atoms with E-state index < -0.39 is 17.7 Å². The minimum absolute atomic E-state index is 0.0781. The Balaban J connectivity index is 1.87. The molecule has 1 amide bonds. The molecule has 0 spiro atoms. The van der Waals surface area contributed by atoms with Crippen molar-refractivity contribution in [2.45, 2.75) is 25.8 Å². The van der Waals surface area contributed by atoms with E-state index in [-0.39, 0.29) is 30.8 Å². The fourth-order valence-electron chi connectivity index (χ4n) is 3.06. The van der Waals surface area contributed by atoms with Gasteiger partial charge in [-0.1, -0.05) is 18.2 Å². The van der Waals surface area contributed by atoms with Crippen molar-refractivity contribution in [2.75, 3.05) is 19.6 Å². The highest BCUT2D eigenvalue weighted by atomic mass is 19.3. The number of carbonyl (C=O) groups is 1. The van der Waals surface area contributed by atoms with Crippen molar-refractivity contribution in [3.05, 3.63) is 40.3 Å². The third-order valence-corrected chi connectivity index (χ3v) is 4.52. The van der Waals surface area contributed by atoms with Crippen LogP contribution >= 0.6 is 0 Å². The first-order chi connectivity index (χ1) is 11.9. The van der Waals surface area contributed by atoms with Gasteiger partial charge in [0.1, 0.15) is 0 Å². The van der Waals surface area contributed by atoms with Gasteiger partial charge >= 0.3 is 0 Å². The van der Waals surface area contributed by atoms with Crippen LogP contribution in [0.1, 0.15) is 23.8 Å². The first-order valence-corrected chi connectivity index (χ1v) is 8.30. The molecule has 1 unspecified atom stereocenters. The SMILES string of the molecule is CCn1nc(C(=O)NCC2CCNCC2(F)F)c2ccccc2c1=O. The lowest BCUT2D eigenvalue weighted by Crippen LogP contribution is -2.50. The highest BCUT2D eigenvalue weighted by Crippen LogP contribution is 2.28. The van der Waals surface area contributed by atoms with Gasteiger partial charge in [-0.15, -0.1) is 0 Å². The average Bonchev–Trinajstić information content (AvgIpc) is 2.61. The molecule has 1 saturated heterocycles. The molecular formula is C17H20F2N4O2. The van der Waals surface area contributed by atoms with Gasteiger partial charge in [0.15, 0.2) is 5.69 Å². The molecule has 1 aliphatic rings. The van der Waals surface area contributed by atoms with Crippen molar-refractivity contribution in [3.8, 4) is 0 Å². The molecule has 1 aromatic heterocycles. The fraction of sp³-hybridized carbons (Fsp3) is 0.471. The Morgan fingerprint density at radius 3 is 2.80 bits per heavy atom. The quantitative estimate of drug-likeness (QED) is 0.874. The van der Waals surface area contributed by atoms with Crippen molar-refractivity contribution in [1.29, 1.82) is 0 Å². The zero-order valence-electron chi connectivity index (χ0n) is 13.9. The predicted molar refractivity (Wildman–Crippen MR) is 89.9 cm³/mol. The number of hydrogen-bond donors (Lipinski definition) is 2. The summed E-state index contributed by atoms with van der Waals surface area (Å²) >= 11 is 0. The molecule has 1 aromatic carbocycles. The maximum atomic E-state index is 13.9. The van der Waals surface area contributed by atoms with Gasteiger partial charge in [0.05, 0.1) is 11.9 Å². The second kappa shape index (κ2) is 6.87. The summed E-state index contributed by atoms with van der Waals surface area (Å²) in [6.07, 6.45) is 0.288. The minimum Gasteiger partial charge on any atom is -0.350 e. The van der Waals surface area contributed by atoms with Crippen LogP contribution in [0.25, 0.3) is 10.8 Å². The Bertz CT molecular complexity index is 850. The fourth-order valence-corrected chi connectivity index (χ4v) is 3.06. The number of piperidine rings is 1. The van der Waals surface area contributed by atoms with E-state index in [4.69, 9.17) is 0 Å². The maximum Gasteiger partial charge on any atom is 0.274 e. The number of nitrogens with one attached hydrogen (secondary N) is 2. The monoisotopic (exact) mass is 350 g/mol. The molecule has 0 saturated carbocycles. The molecule has 0 aliphatic carbocycles. The zero-order chi connectivity index (χ0) is 18.0. The van der Waals surface area contributed by atoms with E-state index in [1.54, 1.807) is 31.2 Å². The highest BCUT2D eigenvalue weighted by Gasteiger charge is 2.41. The summed E-state index contributed by atoms with van der Waals surface area (Å²) in [4.78, 5) is 24.8. The van der Waals surface area contributed by atoms with Crippen LogP contribution in [0.5, 0.6) is 0 Å². The van der Waals surface area contributed by atoms with Crippen molar-refractivity contribution in [3.63, 3.8) is 0 Å². The van der Waals surface area contributed by atoms with E-state index in [9.17, 15) is 18.4 Å². The van der Waals surface area contributed by atoms with Gasteiger partial charge in [0, 0.05) is 24.4 Å². The van der Waals surface area contributed by atoms with Gasteiger partial charge in [-0.2, -0.15) is 5.10 Å². The molecular weight excluding hydrogens is 330 g/mol. The van der Waals surface area contributed by atoms with Crippen LogP contribution in [0.15, 0.2) is 29.1 Å². The summed E-state index contributed by atoms with van der Waals surface area (Å²) in [5, 5.41) is 10.1. The van der Waals surface area contributed by atoms with Crippen LogP contribution in [0, 0.1) is 5.92 Å². The summed E-state index contributed by atoms with van der Waals surface area (Å²) in [5.74, 6) is -4.32. The average molecular weight is 350 g/mol. The number of hydrogen-bond acceptors (Lipinski definition) is 4. The van der Waals surface area contributed by atoms with Crippen LogP contribution < -0.4 is 16.2 Å². The second-order valence-corrected chi connectivity index (χ2v) is 6.15. The number of nitrogens with zero attached hydrogens (tertiary/aromatic N) is 2. The van der Waals surface area contributed by atoms with E-state index in [0.717, 1.165) is 0 Å². The minimum atomic E-state index is -2.86. The second-order valence-electron chi connectivity index (χ2n) is 6.15. The lowest BCUT2D eigenvalue weighted by Gasteiger charge is -2.31. The number of fused-ring (bicyclic) bond motifs is 1. The van der Waals surface area contributed by atoms with Gasteiger partial charge in [-0.25, -0.2) is 13.5 Å². The Labute approximate surface area is 143 Å². The molecule has 3 rings (SSSR count). The van der Waals surface area contributed by atoms with Crippen molar-refractivity contribution < 1.29 is 13.6 Å². The van der Waals surface area contributed by atoms with Crippen molar-refractivity contribution in [1.82, 2.24) is 20.4 Å². The predicted octanol–water partition coefficient (Wildman–Crippen LogP) is 1.39. The van der Waals surface area contributed by atoms with Crippen LogP contribution in [0.3, 0.4) is 0 Å². The van der Waals surface area contributed by atoms with Crippen LogP contribution in [-0.4, -0.2) is 41.2 Å². The lowest BCUT2D eigenvalue weighted by atomic mass is 9.94. The molecule has 2 aromatic rings. The summed E-state index contributed by atoms with van der Waals surface area (Å²) in [6, 6.07) is 6.68. The smallest absolute Gasteiger partial charge is 0.274 e. The molecule has 8 heteroatoms. The number of alkyl halides is 2. The van der Waals surface area contributed by atoms with E-state index in [1.807, 2.05) is 0 Å². The Kier molecular flexibility index (Phi) is 4.80. The molecule has 1 atom stereocenters. The number of benzene rings is 1. The number of carbonyl (C=O) groups excluding carboxylic acids is 1. The van der Waals surface area contributed by atoms with Gasteiger partial charge in [-0.05, 0) is 26.0 Å². The molecule has 1 aliphatic heterocycles. The zero-order valence-corrected chi connectivity index (χ0v) is 13.9. The molecule has 25 heavy (non-hydrogen) atoms. The van der Waals surface area contributed by atoms with Gasteiger partial charge in [-0.3, -0.25) is 9.59 Å². The van der Waals surface area contributed by atoms with Crippen molar-refractivity contribution in [2.24, 2.45) is 5.92 Å². The Morgan fingerprint density at radius 1 is 1.40 bits per heavy atom. The Hall–Kier alpha value is -2.35. The number of aryl methyl sites for hydroxylation is 1. The van der Waals surface area contributed by atoms with E-state index >= 15 is 0 Å². The third kappa shape index (κ3) is 3.39. The summed E-state index contributed by atoms with van der Waals surface area (Å²) in [6.45, 7) is 2.05. The third-order valence-electron chi connectivity index (χ3n) is 4.52. The topological polar surface area (TPSA) is 76.0 Å². The van der Waals surface area contributed by atoms with Crippen LogP contribution in [-0.2, 0) is 6.54 Å². The highest BCUT2D eigenvalue weighted by molar-refractivity contribution is 6.04. The van der Waals surface area contributed by atoms with E-state index in [1.165, 1.54) is 4.68 Å². The number of halogens is 2. The van der Waals surface area contributed by atoms with Crippen molar-refractivity contribution >= 4 is 16.7 Å². The summed E-state index contributed by atoms with van der Waals surface area (Å²) in [5.41, 5.74) is -0.200. The van der Waals surface area contributed by atoms with Gasteiger partial charge in [0.2, 0.25) is 0 Å². The number of amides is 1. The standard InChI is InChI=1S/C17H20F2N4O2/c1-2-23-16(25)13-6-4-3-5-12(13)14(22-23)15(24)21-9-11-7-8-20-10-17(11,18)19/h3-6,11,20H,2,7-10H2,1H3,(H,21,24). The molecule has 1 fully saturated rings. The Morgan fingerprint density at radius 2 is 2.12 bits per heavy atom. The maximum absolute atomic E-state index is 13.9. The van der Waals surface area contributed by atoms with Crippen LogP contribution in [0.4, 0.5) is 8.78 Å². The molecule has 6 nitrogen and oxygen atoms in total. The molecule has 0 bridgehead atoms. The lowest BCUT2D eigenvalue weighted by molar-refractivity contribution is -0.0712. The molecule has 2 heterocycles. The molecule has 2 N–H and O–H groups in total. The first-order valence-electron chi connectivity index (χ1n) is 8.30. The normalized spacial score (nSPS) is 19.7. The van der Waals surface area contributed by atoms with Gasteiger partial charge < -0.3 is 10.6 Å². The molecule has 0 radical (unpaired) electrons. The first kappa shape index (κ1) is 17.5. The van der Waals surface area contributed by atoms with Crippen LogP contribution in [0.2, 0.25) is 0 Å². The van der Waals surface area contributed by atoms with Gasteiger partial charge in [0.25, 0.3) is 17.4 Å². The largest absolute Gasteiger partial charge is 0.350 e. The number of aromatic nitrogens is 2. The summed E-state index contributed by atoms with van der Waals surface area (Å²) in [7, 11) is 0. The van der Waals surface area contributed by atoms with E-state index in [2.05, 4.69) is 15.7 Å². The summed E-state index contributed by atoms with van der Waals surface area (Å²) < 4.78 is 28.9.